The maximum absolute atomic E-state index is 12.2. The second-order valence-corrected chi connectivity index (χ2v) is 7.12. The van der Waals surface area contributed by atoms with E-state index in [0.717, 1.165) is 11.3 Å². The number of nitrogens with two attached hydrogens (primary N) is 1. The molecule has 0 aliphatic rings. The summed E-state index contributed by atoms with van der Waals surface area (Å²) in [5, 5.41) is 4.28. The van der Waals surface area contributed by atoms with Gasteiger partial charge in [-0.3, -0.25) is 4.68 Å². The number of anilines is 1. The highest BCUT2D eigenvalue weighted by molar-refractivity contribution is 7.91. The summed E-state index contributed by atoms with van der Waals surface area (Å²) in [5.41, 5.74) is 5.94. The van der Waals surface area contributed by atoms with Gasteiger partial charge in [-0.15, -0.1) is 0 Å². The summed E-state index contributed by atoms with van der Waals surface area (Å²) in [6.45, 7) is 3.86. The molecule has 3 N–H and O–H groups in total. The number of hydrogen-bond acceptors (Lipinski definition) is 6. The van der Waals surface area contributed by atoms with Crippen molar-refractivity contribution in [2.45, 2.75) is 30.6 Å². The van der Waals surface area contributed by atoms with Crippen molar-refractivity contribution in [2.24, 2.45) is 0 Å². The Hall–Kier alpha value is -1.45. The van der Waals surface area contributed by atoms with E-state index in [2.05, 4.69) is 14.8 Å². The summed E-state index contributed by atoms with van der Waals surface area (Å²) in [7, 11) is -3.59. The van der Waals surface area contributed by atoms with Crippen molar-refractivity contribution in [3.8, 4) is 0 Å². The van der Waals surface area contributed by atoms with E-state index in [0.29, 0.717) is 12.2 Å². The summed E-state index contributed by atoms with van der Waals surface area (Å²) >= 11 is 0.965. The SMILES string of the molecule is Cc1nc(N)sc1S(=O)(=O)NC(C)Cn1cccn1. The van der Waals surface area contributed by atoms with E-state index < -0.39 is 10.0 Å². The molecule has 0 aliphatic heterocycles. The second-order valence-electron chi connectivity index (χ2n) is 4.18. The Labute approximate surface area is 115 Å². The quantitative estimate of drug-likeness (QED) is 0.841. The first-order valence-corrected chi connectivity index (χ1v) is 7.91. The van der Waals surface area contributed by atoms with Gasteiger partial charge in [-0.05, 0) is 19.9 Å². The van der Waals surface area contributed by atoms with Gasteiger partial charge in [0.2, 0.25) is 0 Å². The molecule has 2 aromatic heterocycles. The Bertz CT molecular complexity index is 648. The van der Waals surface area contributed by atoms with Gasteiger partial charge in [-0.2, -0.15) is 5.10 Å². The van der Waals surface area contributed by atoms with Crippen LogP contribution in [0.15, 0.2) is 22.7 Å². The molecule has 104 valence electrons. The highest BCUT2D eigenvalue weighted by Crippen LogP contribution is 2.24. The number of thiazole rings is 1. The third-order valence-electron chi connectivity index (χ3n) is 2.39. The molecule has 0 aliphatic carbocycles. The van der Waals surface area contributed by atoms with Gasteiger partial charge in [0.1, 0.15) is 0 Å². The third kappa shape index (κ3) is 3.31. The van der Waals surface area contributed by atoms with Crippen molar-refractivity contribution in [3.05, 3.63) is 24.2 Å². The smallest absolute Gasteiger partial charge is 0.252 e. The maximum Gasteiger partial charge on any atom is 0.252 e. The van der Waals surface area contributed by atoms with Crippen molar-refractivity contribution in [1.82, 2.24) is 19.5 Å². The fourth-order valence-corrected chi connectivity index (χ4v) is 4.25. The van der Waals surface area contributed by atoms with Crippen molar-refractivity contribution >= 4 is 26.5 Å². The van der Waals surface area contributed by atoms with Crippen LogP contribution in [0.2, 0.25) is 0 Å². The molecule has 9 heteroatoms. The predicted octanol–water partition coefficient (Wildman–Crippen LogP) is 0.597. The zero-order valence-corrected chi connectivity index (χ0v) is 12.2. The Morgan fingerprint density at radius 2 is 2.32 bits per heavy atom. The number of sulfonamides is 1. The molecule has 0 aromatic carbocycles. The van der Waals surface area contributed by atoms with Crippen molar-refractivity contribution in [1.29, 1.82) is 0 Å². The predicted molar refractivity (Wildman–Crippen MR) is 73.3 cm³/mol. The molecule has 19 heavy (non-hydrogen) atoms. The molecular weight excluding hydrogens is 286 g/mol. The minimum atomic E-state index is -3.59. The van der Waals surface area contributed by atoms with E-state index in [1.165, 1.54) is 0 Å². The first-order valence-electron chi connectivity index (χ1n) is 5.61. The van der Waals surface area contributed by atoms with Gasteiger partial charge >= 0.3 is 0 Å². The van der Waals surface area contributed by atoms with E-state index in [4.69, 9.17) is 5.73 Å². The highest BCUT2D eigenvalue weighted by atomic mass is 32.2. The molecule has 0 saturated heterocycles. The van der Waals surface area contributed by atoms with Crippen LogP contribution in [-0.2, 0) is 16.6 Å². The second kappa shape index (κ2) is 5.27. The number of nitrogens with one attached hydrogen (secondary N) is 1. The van der Waals surface area contributed by atoms with Crippen LogP contribution in [0.1, 0.15) is 12.6 Å². The zero-order chi connectivity index (χ0) is 14.0. The largest absolute Gasteiger partial charge is 0.375 e. The average Bonchev–Trinajstić information content (AvgIpc) is 2.87. The fraction of sp³-hybridized carbons (Fsp3) is 0.400. The number of aromatic nitrogens is 3. The molecular formula is C10H15N5O2S2. The number of aryl methyl sites for hydroxylation is 1. The summed E-state index contributed by atoms with van der Waals surface area (Å²) in [6, 6.07) is 1.50. The molecule has 2 heterocycles. The molecule has 0 bridgehead atoms. The van der Waals surface area contributed by atoms with Gasteiger partial charge in [0.05, 0.1) is 12.2 Å². The van der Waals surface area contributed by atoms with E-state index in [9.17, 15) is 8.42 Å². The molecule has 0 spiro atoms. The van der Waals surface area contributed by atoms with Crippen LogP contribution < -0.4 is 10.5 Å². The van der Waals surface area contributed by atoms with Crippen LogP contribution in [0.25, 0.3) is 0 Å². The van der Waals surface area contributed by atoms with Crippen LogP contribution in [0, 0.1) is 6.92 Å². The monoisotopic (exact) mass is 301 g/mol. The third-order valence-corrected chi connectivity index (χ3v) is 5.58. The van der Waals surface area contributed by atoms with Gasteiger partial charge in [0, 0.05) is 18.4 Å². The Kier molecular flexibility index (Phi) is 3.88. The lowest BCUT2D eigenvalue weighted by Crippen LogP contribution is -2.35. The normalized spacial score (nSPS) is 13.6. The van der Waals surface area contributed by atoms with Crippen LogP contribution in [0.5, 0.6) is 0 Å². The lowest BCUT2D eigenvalue weighted by atomic mass is 10.4. The molecule has 1 unspecified atom stereocenters. The van der Waals surface area contributed by atoms with Gasteiger partial charge < -0.3 is 5.73 Å². The molecule has 0 amide bonds. The highest BCUT2D eigenvalue weighted by Gasteiger charge is 2.23. The molecule has 2 aromatic rings. The maximum atomic E-state index is 12.2. The van der Waals surface area contributed by atoms with Crippen molar-refractivity contribution < 1.29 is 8.42 Å². The van der Waals surface area contributed by atoms with Crippen LogP contribution in [0.3, 0.4) is 0 Å². The molecule has 7 nitrogen and oxygen atoms in total. The molecule has 0 radical (unpaired) electrons. The van der Waals surface area contributed by atoms with Crippen LogP contribution in [-0.4, -0.2) is 29.2 Å². The van der Waals surface area contributed by atoms with Gasteiger partial charge in [0.25, 0.3) is 10.0 Å². The number of nitrogen functional groups attached to an aromatic ring is 1. The Morgan fingerprint density at radius 3 is 2.84 bits per heavy atom. The first-order chi connectivity index (χ1) is 8.88. The standard InChI is InChI=1S/C10H15N5O2S2/c1-7(6-15-5-3-4-12-15)14-19(16,17)9-8(2)13-10(11)18-9/h3-5,7,14H,6H2,1-2H3,(H2,11,13). The van der Waals surface area contributed by atoms with Gasteiger partial charge in [-0.25, -0.2) is 18.1 Å². The van der Waals surface area contributed by atoms with E-state index in [1.54, 1.807) is 37.0 Å². The number of hydrogen-bond donors (Lipinski definition) is 2. The fourth-order valence-electron chi connectivity index (χ4n) is 1.70. The minimum absolute atomic E-state index is 0.164. The van der Waals surface area contributed by atoms with Crippen molar-refractivity contribution in [2.75, 3.05) is 5.73 Å². The number of rotatable bonds is 5. The zero-order valence-electron chi connectivity index (χ0n) is 10.6. The van der Waals surface area contributed by atoms with Gasteiger partial charge in [-0.1, -0.05) is 11.3 Å². The minimum Gasteiger partial charge on any atom is -0.375 e. The Balaban J connectivity index is 2.11. The van der Waals surface area contributed by atoms with Crippen LogP contribution in [0.4, 0.5) is 5.13 Å². The first kappa shape index (κ1) is 14.0. The Morgan fingerprint density at radius 1 is 1.58 bits per heavy atom. The number of nitrogens with zero attached hydrogens (tertiary/aromatic N) is 3. The molecule has 2 rings (SSSR count). The van der Waals surface area contributed by atoms with Gasteiger partial charge in [0.15, 0.2) is 9.34 Å². The van der Waals surface area contributed by atoms with E-state index in [-0.39, 0.29) is 15.4 Å². The molecule has 0 saturated carbocycles. The summed E-state index contributed by atoms with van der Waals surface area (Å²) < 4.78 is 28.8. The lowest BCUT2D eigenvalue weighted by molar-refractivity contribution is 0.494. The molecule has 0 fully saturated rings. The molecule has 1 atom stereocenters. The van der Waals surface area contributed by atoms with E-state index >= 15 is 0 Å². The topological polar surface area (TPSA) is 103 Å². The summed E-state index contributed by atoms with van der Waals surface area (Å²) in [4.78, 5) is 3.92. The summed E-state index contributed by atoms with van der Waals surface area (Å²) in [6.07, 6.45) is 3.43. The average molecular weight is 301 g/mol. The summed E-state index contributed by atoms with van der Waals surface area (Å²) in [5.74, 6) is 0. The van der Waals surface area contributed by atoms with Crippen LogP contribution >= 0.6 is 11.3 Å². The lowest BCUT2D eigenvalue weighted by Gasteiger charge is -2.13. The van der Waals surface area contributed by atoms with E-state index in [1.807, 2.05) is 0 Å². The van der Waals surface area contributed by atoms with Crippen molar-refractivity contribution in [3.63, 3.8) is 0 Å².